The van der Waals surface area contributed by atoms with E-state index in [-0.39, 0.29) is 40.8 Å². The van der Waals surface area contributed by atoms with Gasteiger partial charge in [-0.3, -0.25) is 19.4 Å². The molecule has 6 heteroatoms. The highest BCUT2D eigenvalue weighted by Crippen LogP contribution is 2.68. The number of carbonyl (C=O) groups excluding carboxylic acids is 2. The minimum Gasteiger partial charge on any atom is -0.304 e. The molecule has 8 aliphatic heterocycles. The number of hydrogen-bond donors (Lipinski definition) is 0. The van der Waals surface area contributed by atoms with Gasteiger partial charge in [-0.2, -0.15) is 0 Å². The Labute approximate surface area is 282 Å². The van der Waals surface area contributed by atoms with Gasteiger partial charge in [0.1, 0.15) is 0 Å². The maximum Gasteiger partial charge on any atom is 0.255 e. The Hall–Kier alpha value is -3.74. The quantitative estimate of drug-likeness (QED) is 0.389. The third-order valence-electron chi connectivity index (χ3n) is 15.7. The Morgan fingerprint density at radius 2 is 1.44 bits per heavy atom. The molecule has 0 N–H and O–H groups in total. The van der Waals surface area contributed by atoms with Crippen LogP contribution in [0.15, 0.2) is 95.6 Å². The van der Waals surface area contributed by atoms with Gasteiger partial charge in [0.25, 0.3) is 11.8 Å². The van der Waals surface area contributed by atoms with Gasteiger partial charge >= 0.3 is 0 Å². The molecular formula is C42H42N4O2. The molecule has 6 fully saturated rings. The first kappa shape index (κ1) is 27.1. The van der Waals surface area contributed by atoms with Crippen molar-refractivity contribution in [2.24, 2.45) is 23.7 Å². The summed E-state index contributed by atoms with van der Waals surface area (Å²) in [6, 6.07) is 18.8. The van der Waals surface area contributed by atoms with E-state index in [1.165, 1.54) is 28.8 Å². The minimum atomic E-state index is -0.187. The topological polar surface area (TPSA) is 47.1 Å². The number of benzene rings is 2. The van der Waals surface area contributed by atoms with Crippen molar-refractivity contribution >= 4 is 23.2 Å². The van der Waals surface area contributed by atoms with Gasteiger partial charge < -0.3 is 9.80 Å². The summed E-state index contributed by atoms with van der Waals surface area (Å²) in [5.74, 6) is 1.87. The van der Waals surface area contributed by atoms with Crippen LogP contribution in [0.2, 0.25) is 0 Å². The van der Waals surface area contributed by atoms with Crippen LogP contribution in [-0.4, -0.2) is 71.5 Å². The fourth-order valence-electron chi connectivity index (χ4n) is 14.2. The summed E-state index contributed by atoms with van der Waals surface area (Å²) in [5.41, 5.74) is 8.92. The van der Waals surface area contributed by atoms with E-state index in [1.807, 2.05) is 6.08 Å². The molecule has 2 aromatic carbocycles. The number of carbonyl (C=O) groups is 2. The van der Waals surface area contributed by atoms with Gasteiger partial charge in [0.2, 0.25) is 0 Å². The van der Waals surface area contributed by atoms with Crippen LogP contribution in [-0.2, 0) is 20.4 Å². The molecule has 11 unspecified atom stereocenters. The van der Waals surface area contributed by atoms with Crippen molar-refractivity contribution in [1.82, 2.24) is 9.80 Å². The summed E-state index contributed by atoms with van der Waals surface area (Å²) in [6.07, 6.45) is 15.7. The van der Waals surface area contributed by atoms with E-state index < -0.39 is 0 Å². The lowest BCUT2D eigenvalue weighted by Gasteiger charge is -2.57. The number of rotatable bonds is 1. The first-order valence-corrected chi connectivity index (χ1v) is 18.6. The van der Waals surface area contributed by atoms with Crippen LogP contribution >= 0.6 is 0 Å². The second-order valence-corrected chi connectivity index (χ2v) is 16.6. The molecule has 12 rings (SSSR count). The van der Waals surface area contributed by atoms with Crippen molar-refractivity contribution in [1.29, 1.82) is 0 Å². The van der Waals surface area contributed by atoms with Gasteiger partial charge in [-0.15, -0.1) is 0 Å². The third kappa shape index (κ3) is 2.73. The molecule has 2 aliphatic carbocycles. The SMILES string of the molecule is C/C=C1/CN2CCC34c5ccccc5N5C(=O)C(C6CC78c9ccccc9N9C(=O)C=CC(C%10CC7N6C/C%10=C/C)C98)=CC(C1CC23)C54. The van der Waals surface area contributed by atoms with Crippen LogP contribution in [0.1, 0.15) is 50.7 Å². The fourth-order valence-corrected chi connectivity index (χ4v) is 14.2. The zero-order valence-electron chi connectivity index (χ0n) is 27.8. The van der Waals surface area contributed by atoms with E-state index in [9.17, 15) is 4.79 Å². The van der Waals surface area contributed by atoms with Crippen molar-refractivity contribution in [3.63, 3.8) is 0 Å². The van der Waals surface area contributed by atoms with Gasteiger partial charge in [-0.25, -0.2) is 0 Å². The number of nitrogens with zero attached hydrogens (tertiary/aromatic N) is 4. The number of piperidine rings is 2. The molecule has 2 aromatic rings. The molecule has 0 aromatic heterocycles. The maximum atomic E-state index is 15.5. The number of fused-ring (bicyclic) bond motifs is 8. The van der Waals surface area contributed by atoms with Crippen LogP contribution in [0.5, 0.6) is 0 Å². The first-order chi connectivity index (χ1) is 23.5. The molecule has 10 aliphatic rings. The molecule has 4 saturated heterocycles. The summed E-state index contributed by atoms with van der Waals surface area (Å²) in [5, 5.41) is 0. The third-order valence-corrected chi connectivity index (χ3v) is 15.7. The largest absolute Gasteiger partial charge is 0.304 e. The van der Waals surface area contributed by atoms with E-state index in [0.29, 0.717) is 35.8 Å². The summed E-state index contributed by atoms with van der Waals surface area (Å²) >= 11 is 0. The molecule has 6 nitrogen and oxygen atoms in total. The van der Waals surface area contributed by atoms with Crippen LogP contribution in [0.4, 0.5) is 11.4 Å². The van der Waals surface area contributed by atoms with E-state index in [0.717, 1.165) is 50.2 Å². The summed E-state index contributed by atoms with van der Waals surface area (Å²) in [6.45, 7) is 7.52. The van der Waals surface area contributed by atoms with Crippen molar-refractivity contribution in [2.75, 3.05) is 29.4 Å². The molecule has 8 heterocycles. The highest BCUT2D eigenvalue weighted by molar-refractivity contribution is 6.10. The van der Waals surface area contributed by atoms with Gasteiger partial charge in [0, 0.05) is 70.8 Å². The second-order valence-electron chi connectivity index (χ2n) is 16.6. The molecule has 242 valence electrons. The molecule has 2 spiro atoms. The minimum absolute atomic E-state index is 0.0143. The monoisotopic (exact) mass is 634 g/mol. The predicted molar refractivity (Wildman–Crippen MR) is 186 cm³/mol. The number of amides is 2. The zero-order chi connectivity index (χ0) is 31.8. The number of anilines is 2. The highest BCUT2D eigenvalue weighted by Gasteiger charge is 2.73. The lowest BCUT2D eigenvalue weighted by molar-refractivity contribution is -0.118. The summed E-state index contributed by atoms with van der Waals surface area (Å²) < 4.78 is 0. The van der Waals surface area contributed by atoms with E-state index in [4.69, 9.17) is 0 Å². The Kier molecular flexibility index (Phi) is 4.91. The van der Waals surface area contributed by atoms with Crippen molar-refractivity contribution < 1.29 is 9.59 Å². The number of hydrogen-bond acceptors (Lipinski definition) is 4. The van der Waals surface area contributed by atoms with Crippen LogP contribution in [0.3, 0.4) is 0 Å². The van der Waals surface area contributed by atoms with Crippen LogP contribution in [0.25, 0.3) is 0 Å². The average Bonchev–Trinajstić information content (AvgIpc) is 3.85. The first-order valence-electron chi connectivity index (χ1n) is 18.6. The van der Waals surface area contributed by atoms with Crippen LogP contribution in [0, 0.1) is 23.7 Å². The molecule has 0 radical (unpaired) electrons. The van der Waals surface area contributed by atoms with E-state index in [2.05, 4.69) is 106 Å². The van der Waals surface area contributed by atoms with Gasteiger partial charge in [-0.1, -0.05) is 71.8 Å². The molecular weight excluding hydrogens is 592 g/mol. The van der Waals surface area contributed by atoms with Gasteiger partial charge in [0.05, 0.1) is 12.1 Å². The number of para-hydroxylation sites is 2. The Morgan fingerprint density at radius 1 is 0.771 bits per heavy atom. The highest BCUT2D eigenvalue weighted by atomic mass is 16.2. The molecule has 11 atom stereocenters. The van der Waals surface area contributed by atoms with Crippen molar-refractivity contribution in [3.8, 4) is 0 Å². The van der Waals surface area contributed by atoms with Gasteiger partial charge in [0.15, 0.2) is 0 Å². The Bertz CT molecular complexity index is 2010. The van der Waals surface area contributed by atoms with Crippen molar-refractivity contribution in [3.05, 3.63) is 107 Å². The Balaban J connectivity index is 1.07. The second kappa shape index (κ2) is 8.70. The maximum absolute atomic E-state index is 15.5. The molecule has 2 amide bonds. The zero-order valence-corrected chi connectivity index (χ0v) is 27.8. The van der Waals surface area contributed by atoms with E-state index in [1.54, 1.807) is 5.57 Å². The predicted octanol–water partition coefficient (Wildman–Crippen LogP) is 5.51. The summed E-state index contributed by atoms with van der Waals surface area (Å²) in [4.78, 5) is 39.2. The normalized spacial score (nSPS) is 45.5. The Morgan fingerprint density at radius 3 is 2.23 bits per heavy atom. The molecule has 4 bridgehead atoms. The van der Waals surface area contributed by atoms with Crippen LogP contribution < -0.4 is 9.80 Å². The van der Waals surface area contributed by atoms with Crippen molar-refractivity contribution in [2.45, 2.75) is 80.6 Å². The average molecular weight is 635 g/mol. The lowest BCUT2D eigenvalue weighted by atomic mass is 9.54. The summed E-state index contributed by atoms with van der Waals surface area (Å²) in [7, 11) is 0. The number of allylic oxidation sites excluding steroid dienone is 2. The molecule has 48 heavy (non-hydrogen) atoms. The lowest BCUT2D eigenvalue weighted by Crippen LogP contribution is -2.66. The fraction of sp³-hybridized carbons (Fsp3) is 0.476. The molecule has 2 saturated carbocycles. The standard InChI is InChI=1S/C42H42N4O2/c1-3-23-21-43-16-15-41-30-9-5-8-12-33(30)46-39(41)28(27(23)18-35(41)43)17-29(40(46)48)34-20-42-31-10-6-7-11-32(31)45-37(47)14-13-25(38(42)45)26-19-36(42)44(34)22-24(26)4-2/h3-14,17,25-28,34-36,38-39H,15-16,18-22H2,1-2H3/b23-3-,24-4-. The van der Waals surface area contributed by atoms with E-state index >= 15 is 4.79 Å². The van der Waals surface area contributed by atoms with Gasteiger partial charge in [-0.05, 0) is 87.2 Å². The smallest absolute Gasteiger partial charge is 0.255 e.